The summed E-state index contributed by atoms with van der Waals surface area (Å²) >= 11 is 12.0. The molecule has 2 aromatic rings. The molecule has 0 aliphatic rings. The Bertz CT molecular complexity index is 658. The molecule has 3 nitrogen and oxygen atoms in total. The van der Waals surface area contributed by atoms with Gasteiger partial charge in [0, 0.05) is 16.6 Å². The Labute approximate surface area is 147 Å². The van der Waals surface area contributed by atoms with Gasteiger partial charge in [0.25, 0.3) is 0 Å². The van der Waals surface area contributed by atoms with Crippen molar-refractivity contribution in [2.75, 3.05) is 13.6 Å². The number of benzene rings is 2. The molecule has 122 valence electrons. The number of nitrogens with zero attached hydrogens (tertiary/aromatic N) is 1. The number of hydrogen-bond donors (Lipinski definition) is 1. The molecule has 0 unspecified atom stereocenters. The molecule has 5 heteroatoms. The number of amides is 1. The second-order valence-electron chi connectivity index (χ2n) is 5.61. The first-order valence-corrected chi connectivity index (χ1v) is 8.18. The predicted molar refractivity (Wildman–Crippen MR) is 95.8 cm³/mol. The molecule has 2 rings (SSSR count). The predicted octanol–water partition coefficient (Wildman–Crippen LogP) is 4.30. The summed E-state index contributed by atoms with van der Waals surface area (Å²) in [5.74, 6) is -0.0334. The molecule has 0 heterocycles. The van der Waals surface area contributed by atoms with E-state index in [0.717, 1.165) is 11.1 Å². The topological polar surface area (TPSA) is 32.3 Å². The number of halogens is 2. The number of carbonyl (C=O) groups is 1. The van der Waals surface area contributed by atoms with Crippen molar-refractivity contribution in [1.29, 1.82) is 0 Å². The smallest absolute Gasteiger partial charge is 0.234 e. The lowest BCUT2D eigenvalue weighted by atomic mass is 10.1. The molecule has 0 saturated heterocycles. The summed E-state index contributed by atoms with van der Waals surface area (Å²) in [6.07, 6.45) is 0. The third-order valence-electron chi connectivity index (χ3n) is 3.53. The lowest BCUT2D eigenvalue weighted by molar-refractivity contribution is -0.122. The fourth-order valence-corrected chi connectivity index (χ4v) is 2.82. The van der Waals surface area contributed by atoms with Gasteiger partial charge >= 0.3 is 0 Å². The Morgan fingerprint density at radius 3 is 2.43 bits per heavy atom. The van der Waals surface area contributed by atoms with Crippen molar-refractivity contribution >= 4 is 29.1 Å². The number of hydrogen-bond acceptors (Lipinski definition) is 2. The van der Waals surface area contributed by atoms with Crippen molar-refractivity contribution < 1.29 is 4.79 Å². The van der Waals surface area contributed by atoms with Gasteiger partial charge < -0.3 is 5.32 Å². The van der Waals surface area contributed by atoms with Crippen molar-refractivity contribution in [2.45, 2.75) is 19.5 Å². The van der Waals surface area contributed by atoms with Crippen LogP contribution in [0.4, 0.5) is 0 Å². The van der Waals surface area contributed by atoms with Crippen LogP contribution in [0.1, 0.15) is 24.1 Å². The summed E-state index contributed by atoms with van der Waals surface area (Å²) in [6, 6.07) is 15.0. The quantitative estimate of drug-likeness (QED) is 0.842. The zero-order chi connectivity index (χ0) is 16.8. The highest BCUT2D eigenvalue weighted by molar-refractivity contribution is 6.31. The first kappa shape index (κ1) is 17.8. The van der Waals surface area contributed by atoms with Crippen LogP contribution in [0, 0.1) is 0 Å². The number of likely N-dealkylation sites (N-methyl/N-ethyl adjacent to an activating group) is 1. The monoisotopic (exact) mass is 350 g/mol. The van der Waals surface area contributed by atoms with Gasteiger partial charge in [-0.15, -0.1) is 0 Å². The Morgan fingerprint density at radius 1 is 1.13 bits per heavy atom. The van der Waals surface area contributed by atoms with E-state index in [0.29, 0.717) is 23.1 Å². The summed E-state index contributed by atoms with van der Waals surface area (Å²) in [7, 11) is 1.91. The lowest BCUT2D eigenvalue weighted by Gasteiger charge is -2.20. The Hall–Kier alpha value is -1.55. The molecule has 1 amide bonds. The molecule has 0 bridgehead atoms. The molecule has 0 spiro atoms. The second-order valence-corrected chi connectivity index (χ2v) is 6.45. The van der Waals surface area contributed by atoms with E-state index >= 15 is 0 Å². The number of nitrogens with one attached hydrogen (secondary N) is 1. The van der Waals surface area contributed by atoms with E-state index in [4.69, 9.17) is 23.2 Å². The third kappa shape index (κ3) is 5.54. The van der Waals surface area contributed by atoms with Crippen LogP contribution in [0.3, 0.4) is 0 Å². The van der Waals surface area contributed by atoms with Crippen LogP contribution in [0.2, 0.25) is 10.0 Å². The molecule has 1 N–H and O–H groups in total. The molecule has 0 aromatic heterocycles. The fourth-order valence-electron chi connectivity index (χ4n) is 2.39. The van der Waals surface area contributed by atoms with Crippen molar-refractivity contribution in [3.05, 3.63) is 69.7 Å². The molecular weight excluding hydrogens is 331 g/mol. The minimum absolute atomic E-state index is 0.0334. The normalized spacial score (nSPS) is 12.2. The summed E-state index contributed by atoms with van der Waals surface area (Å²) in [4.78, 5) is 14.1. The Morgan fingerprint density at radius 2 is 1.78 bits per heavy atom. The van der Waals surface area contributed by atoms with Crippen LogP contribution in [0.5, 0.6) is 0 Å². The van der Waals surface area contributed by atoms with Crippen LogP contribution < -0.4 is 5.32 Å². The van der Waals surface area contributed by atoms with E-state index < -0.39 is 0 Å². The highest BCUT2D eigenvalue weighted by Crippen LogP contribution is 2.22. The maximum absolute atomic E-state index is 12.2. The van der Waals surface area contributed by atoms with E-state index in [9.17, 15) is 4.79 Å². The van der Waals surface area contributed by atoms with Crippen molar-refractivity contribution in [1.82, 2.24) is 10.2 Å². The van der Waals surface area contributed by atoms with E-state index in [-0.39, 0.29) is 11.9 Å². The molecule has 0 aliphatic carbocycles. The van der Waals surface area contributed by atoms with Crippen LogP contribution >= 0.6 is 23.2 Å². The van der Waals surface area contributed by atoms with Gasteiger partial charge in [-0.2, -0.15) is 0 Å². The molecule has 0 aliphatic heterocycles. The molecule has 2 aromatic carbocycles. The van der Waals surface area contributed by atoms with Gasteiger partial charge in [0.2, 0.25) is 5.91 Å². The maximum atomic E-state index is 12.2. The molecule has 1 atom stereocenters. The minimum Gasteiger partial charge on any atom is -0.348 e. The van der Waals surface area contributed by atoms with Gasteiger partial charge in [0.05, 0.1) is 12.6 Å². The highest BCUT2D eigenvalue weighted by Gasteiger charge is 2.13. The van der Waals surface area contributed by atoms with E-state index in [1.807, 2.05) is 67.4 Å². The van der Waals surface area contributed by atoms with E-state index in [1.165, 1.54) is 0 Å². The van der Waals surface area contributed by atoms with Crippen LogP contribution in [-0.4, -0.2) is 24.4 Å². The first-order chi connectivity index (χ1) is 11.0. The van der Waals surface area contributed by atoms with Crippen LogP contribution in [0.15, 0.2) is 48.5 Å². The van der Waals surface area contributed by atoms with Gasteiger partial charge in [-0.1, -0.05) is 53.5 Å². The average Bonchev–Trinajstić information content (AvgIpc) is 2.49. The SMILES string of the molecule is C[C@H](NC(=O)CN(C)Cc1ccc(Cl)cc1)c1ccccc1Cl. The molecule has 0 radical (unpaired) electrons. The highest BCUT2D eigenvalue weighted by atomic mass is 35.5. The van der Waals surface area contributed by atoms with Gasteiger partial charge in [-0.25, -0.2) is 0 Å². The van der Waals surface area contributed by atoms with Crippen molar-refractivity contribution in [3.8, 4) is 0 Å². The van der Waals surface area contributed by atoms with Crippen molar-refractivity contribution in [2.24, 2.45) is 0 Å². The molecular formula is C18H20Cl2N2O. The van der Waals surface area contributed by atoms with Crippen LogP contribution in [0.25, 0.3) is 0 Å². The summed E-state index contributed by atoms with van der Waals surface area (Å²) < 4.78 is 0. The second kappa shape index (κ2) is 8.34. The van der Waals surface area contributed by atoms with Crippen LogP contribution in [-0.2, 0) is 11.3 Å². The van der Waals surface area contributed by atoms with E-state index in [1.54, 1.807) is 0 Å². The molecule has 23 heavy (non-hydrogen) atoms. The van der Waals surface area contributed by atoms with Gasteiger partial charge in [-0.05, 0) is 43.3 Å². The zero-order valence-corrected chi connectivity index (χ0v) is 14.7. The fraction of sp³-hybridized carbons (Fsp3) is 0.278. The largest absolute Gasteiger partial charge is 0.348 e. The third-order valence-corrected chi connectivity index (χ3v) is 4.12. The summed E-state index contributed by atoms with van der Waals surface area (Å²) in [5.41, 5.74) is 2.03. The molecule has 0 saturated carbocycles. The summed E-state index contributed by atoms with van der Waals surface area (Å²) in [5, 5.41) is 4.35. The average molecular weight is 351 g/mol. The lowest BCUT2D eigenvalue weighted by Crippen LogP contribution is -2.36. The Balaban J connectivity index is 1.86. The van der Waals surface area contributed by atoms with Gasteiger partial charge in [-0.3, -0.25) is 9.69 Å². The van der Waals surface area contributed by atoms with E-state index in [2.05, 4.69) is 5.32 Å². The summed E-state index contributed by atoms with van der Waals surface area (Å²) in [6.45, 7) is 2.93. The maximum Gasteiger partial charge on any atom is 0.234 e. The number of rotatable bonds is 6. The first-order valence-electron chi connectivity index (χ1n) is 7.42. The standard InChI is InChI=1S/C18H20Cl2N2O/c1-13(16-5-3-4-6-17(16)20)21-18(23)12-22(2)11-14-7-9-15(19)10-8-14/h3-10,13H,11-12H2,1-2H3,(H,21,23)/t13-/m0/s1. The minimum atomic E-state index is -0.125. The van der Waals surface area contributed by atoms with Crippen molar-refractivity contribution in [3.63, 3.8) is 0 Å². The zero-order valence-electron chi connectivity index (χ0n) is 13.2. The Kier molecular flexibility index (Phi) is 6.46. The van der Waals surface area contributed by atoms with Gasteiger partial charge in [0.15, 0.2) is 0 Å². The number of carbonyl (C=O) groups excluding carboxylic acids is 1. The molecule has 0 fully saturated rings. The van der Waals surface area contributed by atoms with Gasteiger partial charge in [0.1, 0.15) is 0 Å².